The van der Waals surface area contributed by atoms with Gasteiger partial charge >= 0.3 is 0 Å². The normalized spacial score (nSPS) is 24.1. The fourth-order valence-electron chi connectivity index (χ4n) is 2.89. The maximum atomic E-state index is 10.2. The zero-order chi connectivity index (χ0) is 15.5. The average molecular weight is 362 g/mol. The van der Waals surface area contributed by atoms with E-state index in [1.165, 1.54) is 0 Å². The van der Waals surface area contributed by atoms with Crippen molar-refractivity contribution in [2.24, 2.45) is 5.92 Å². The standard InChI is InChI=1S/C15H16BrN5O/c16-12-8-18-15(6-11(12)7-17)20-13-4-10(5-14(13)22)9-21-3-1-2-19-21/h1-3,6,8,10,13-14,22H,4-5,9H2,(H,18,20)/t10?,13-,14-/m1/s1. The molecular formula is C15H16BrN5O. The Labute approximate surface area is 136 Å². The molecule has 1 saturated carbocycles. The summed E-state index contributed by atoms with van der Waals surface area (Å²) < 4.78 is 2.56. The van der Waals surface area contributed by atoms with Crippen molar-refractivity contribution >= 4 is 21.7 Å². The van der Waals surface area contributed by atoms with Gasteiger partial charge in [-0.2, -0.15) is 10.4 Å². The highest BCUT2D eigenvalue weighted by Crippen LogP contribution is 2.30. The summed E-state index contributed by atoms with van der Waals surface area (Å²) in [5.74, 6) is 0.988. The van der Waals surface area contributed by atoms with Crippen LogP contribution in [0.5, 0.6) is 0 Å². The highest BCUT2D eigenvalue weighted by Gasteiger charge is 2.33. The van der Waals surface area contributed by atoms with Crippen LogP contribution < -0.4 is 5.32 Å². The zero-order valence-corrected chi connectivity index (χ0v) is 13.4. The van der Waals surface area contributed by atoms with Gasteiger partial charge in [0.2, 0.25) is 0 Å². The number of nitrogens with zero attached hydrogens (tertiary/aromatic N) is 4. The van der Waals surface area contributed by atoms with Gasteiger partial charge in [-0.1, -0.05) is 0 Å². The Hall–Kier alpha value is -1.91. The van der Waals surface area contributed by atoms with Crippen LogP contribution in [0, 0.1) is 17.2 Å². The number of rotatable bonds is 4. The van der Waals surface area contributed by atoms with E-state index in [9.17, 15) is 5.11 Å². The largest absolute Gasteiger partial charge is 0.391 e. The maximum Gasteiger partial charge on any atom is 0.127 e. The minimum absolute atomic E-state index is 0.0548. The summed E-state index contributed by atoms with van der Waals surface area (Å²) in [5, 5.41) is 26.7. The van der Waals surface area contributed by atoms with Crippen LogP contribution in [-0.4, -0.2) is 32.0 Å². The monoisotopic (exact) mass is 361 g/mol. The molecule has 2 N–H and O–H groups in total. The number of nitriles is 1. The van der Waals surface area contributed by atoms with Crippen molar-refractivity contribution < 1.29 is 5.11 Å². The molecule has 1 aliphatic rings. The van der Waals surface area contributed by atoms with Crippen molar-refractivity contribution in [2.45, 2.75) is 31.5 Å². The van der Waals surface area contributed by atoms with Crippen molar-refractivity contribution in [2.75, 3.05) is 5.32 Å². The van der Waals surface area contributed by atoms with Crippen LogP contribution in [0.2, 0.25) is 0 Å². The van der Waals surface area contributed by atoms with Crippen LogP contribution >= 0.6 is 15.9 Å². The lowest BCUT2D eigenvalue weighted by Gasteiger charge is -2.17. The predicted octanol–water partition coefficient (Wildman–Crippen LogP) is 2.16. The highest BCUT2D eigenvalue weighted by atomic mass is 79.9. The van der Waals surface area contributed by atoms with E-state index in [-0.39, 0.29) is 6.04 Å². The molecule has 6 nitrogen and oxygen atoms in total. The van der Waals surface area contributed by atoms with E-state index in [1.54, 1.807) is 18.5 Å². The molecular weight excluding hydrogens is 346 g/mol. The van der Waals surface area contributed by atoms with Crippen LogP contribution in [0.1, 0.15) is 18.4 Å². The molecule has 0 aliphatic heterocycles. The summed E-state index contributed by atoms with van der Waals surface area (Å²) >= 11 is 3.29. The fraction of sp³-hybridized carbons (Fsp3) is 0.400. The highest BCUT2D eigenvalue weighted by molar-refractivity contribution is 9.10. The second-order valence-electron chi connectivity index (χ2n) is 5.54. The van der Waals surface area contributed by atoms with Gasteiger partial charge in [0, 0.05) is 25.1 Å². The number of hydrogen-bond acceptors (Lipinski definition) is 5. The second kappa shape index (κ2) is 6.46. The summed E-state index contributed by atoms with van der Waals surface area (Å²) in [6, 6.07) is 5.65. The van der Waals surface area contributed by atoms with E-state index >= 15 is 0 Å². The molecule has 0 aromatic carbocycles. The summed E-state index contributed by atoms with van der Waals surface area (Å²) in [6.45, 7) is 0.805. The van der Waals surface area contributed by atoms with E-state index in [0.29, 0.717) is 21.8 Å². The third-order valence-corrected chi connectivity index (χ3v) is 4.57. The van der Waals surface area contributed by atoms with Gasteiger partial charge in [0.15, 0.2) is 0 Å². The molecule has 7 heteroatoms. The van der Waals surface area contributed by atoms with Crippen molar-refractivity contribution in [1.29, 1.82) is 5.26 Å². The lowest BCUT2D eigenvalue weighted by Crippen LogP contribution is -2.28. The predicted molar refractivity (Wildman–Crippen MR) is 85.0 cm³/mol. The molecule has 2 aromatic rings. The van der Waals surface area contributed by atoms with Gasteiger partial charge in [-0.3, -0.25) is 4.68 Å². The van der Waals surface area contributed by atoms with Crippen LogP contribution in [0.3, 0.4) is 0 Å². The van der Waals surface area contributed by atoms with Crippen molar-refractivity contribution in [3.63, 3.8) is 0 Å². The Balaban J connectivity index is 1.64. The number of aromatic nitrogens is 3. The average Bonchev–Trinajstić information content (AvgIpc) is 3.12. The van der Waals surface area contributed by atoms with Gasteiger partial charge in [0.1, 0.15) is 11.9 Å². The maximum absolute atomic E-state index is 10.2. The first kappa shape index (κ1) is 15.0. The molecule has 0 amide bonds. The summed E-state index contributed by atoms with van der Waals surface area (Å²) in [4.78, 5) is 4.25. The molecule has 0 bridgehead atoms. The number of anilines is 1. The SMILES string of the molecule is N#Cc1cc(N[C@@H]2CC(Cn3cccn3)C[C@H]2O)ncc1Br. The summed E-state index contributed by atoms with van der Waals surface area (Å²) in [5.41, 5.74) is 0.526. The molecule has 1 unspecified atom stereocenters. The van der Waals surface area contributed by atoms with E-state index < -0.39 is 6.10 Å². The minimum atomic E-state index is -0.420. The fourth-order valence-corrected chi connectivity index (χ4v) is 3.19. The third kappa shape index (κ3) is 3.29. The molecule has 0 saturated heterocycles. The molecule has 22 heavy (non-hydrogen) atoms. The van der Waals surface area contributed by atoms with Crippen LogP contribution in [0.15, 0.2) is 35.2 Å². The van der Waals surface area contributed by atoms with E-state index in [0.717, 1.165) is 19.4 Å². The van der Waals surface area contributed by atoms with Crippen LogP contribution in [0.4, 0.5) is 5.82 Å². The van der Waals surface area contributed by atoms with E-state index in [4.69, 9.17) is 5.26 Å². The van der Waals surface area contributed by atoms with Gasteiger partial charge < -0.3 is 10.4 Å². The number of halogens is 1. The number of pyridine rings is 1. The Morgan fingerprint density at radius 1 is 1.50 bits per heavy atom. The molecule has 1 aliphatic carbocycles. The van der Waals surface area contributed by atoms with Crippen molar-refractivity contribution in [3.8, 4) is 6.07 Å². The summed E-state index contributed by atoms with van der Waals surface area (Å²) in [7, 11) is 0. The molecule has 2 heterocycles. The van der Waals surface area contributed by atoms with Crippen LogP contribution in [0.25, 0.3) is 0 Å². The Bertz CT molecular complexity index is 682. The first-order chi connectivity index (χ1) is 10.7. The van der Waals surface area contributed by atoms with Gasteiger partial charge in [0.25, 0.3) is 0 Å². The Morgan fingerprint density at radius 2 is 2.36 bits per heavy atom. The van der Waals surface area contributed by atoms with E-state index in [1.807, 2.05) is 16.9 Å². The molecule has 1 fully saturated rings. The quantitative estimate of drug-likeness (QED) is 0.871. The molecule has 0 radical (unpaired) electrons. The third-order valence-electron chi connectivity index (χ3n) is 3.94. The lowest BCUT2D eigenvalue weighted by molar-refractivity contribution is 0.166. The first-order valence-corrected chi connectivity index (χ1v) is 7.92. The smallest absolute Gasteiger partial charge is 0.127 e. The minimum Gasteiger partial charge on any atom is -0.391 e. The Kier molecular flexibility index (Phi) is 4.41. The van der Waals surface area contributed by atoms with Gasteiger partial charge in [-0.15, -0.1) is 0 Å². The van der Waals surface area contributed by atoms with Gasteiger partial charge in [0.05, 0.1) is 22.2 Å². The van der Waals surface area contributed by atoms with Crippen molar-refractivity contribution in [3.05, 3.63) is 40.8 Å². The zero-order valence-electron chi connectivity index (χ0n) is 11.9. The molecule has 3 atom stereocenters. The number of hydrogen-bond donors (Lipinski definition) is 2. The van der Waals surface area contributed by atoms with Gasteiger partial charge in [-0.25, -0.2) is 4.98 Å². The summed E-state index contributed by atoms with van der Waals surface area (Å²) in [6.07, 6.45) is 6.46. The van der Waals surface area contributed by atoms with Gasteiger partial charge in [-0.05, 0) is 46.8 Å². The molecule has 0 spiro atoms. The molecule has 114 valence electrons. The lowest BCUT2D eigenvalue weighted by atomic mass is 10.1. The Morgan fingerprint density at radius 3 is 3.09 bits per heavy atom. The first-order valence-electron chi connectivity index (χ1n) is 7.13. The number of aliphatic hydroxyl groups is 1. The second-order valence-corrected chi connectivity index (χ2v) is 6.40. The number of aliphatic hydroxyl groups excluding tert-OH is 1. The molecule has 3 rings (SSSR count). The topological polar surface area (TPSA) is 86.8 Å². The van der Waals surface area contributed by atoms with Crippen molar-refractivity contribution in [1.82, 2.24) is 14.8 Å². The van der Waals surface area contributed by atoms with E-state index in [2.05, 4.69) is 37.4 Å². The van der Waals surface area contributed by atoms with Crippen LogP contribution in [-0.2, 0) is 6.54 Å². The number of nitrogens with one attached hydrogen (secondary N) is 1. The molecule has 2 aromatic heterocycles.